The molecule has 0 atom stereocenters. The number of benzene rings is 1. The summed E-state index contributed by atoms with van der Waals surface area (Å²) >= 11 is 0. The van der Waals surface area contributed by atoms with Crippen molar-refractivity contribution in [3.63, 3.8) is 0 Å². The highest BCUT2D eigenvalue weighted by atomic mass is 32.2. The van der Waals surface area contributed by atoms with Crippen molar-refractivity contribution in [1.82, 2.24) is 14.9 Å². The lowest BCUT2D eigenvalue weighted by Crippen LogP contribution is -2.47. The number of carbonyl (C=O) groups excluding carboxylic acids is 2. The van der Waals surface area contributed by atoms with Crippen LogP contribution >= 0.6 is 0 Å². The largest absolute Gasteiger partial charge is 0.444 e. The molecule has 2 amide bonds. The van der Waals surface area contributed by atoms with E-state index in [4.69, 9.17) is 4.74 Å². The zero-order chi connectivity index (χ0) is 20.8. The van der Waals surface area contributed by atoms with Gasteiger partial charge in [0.05, 0.1) is 4.90 Å². The second-order valence-electron chi connectivity index (χ2n) is 7.77. The highest BCUT2D eigenvalue weighted by Gasteiger charge is 2.26. The molecular weight excluding hydrogens is 382 g/mol. The number of sulfonamides is 1. The van der Waals surface area contributed by atoms with Crippen LogP contribution in [0.15, 0.2) is 35.2 Å². The number of hydrogen-bond donors (Lipinski definition) is 2. The molecular formula is C19H29N3O5S. The number of ether oxygens (including phenoxy) is 1. The Labute approximate surface area is 166 Å². The molecule has 0 saturated carbocycles. The highest BCUT2D eigenvalue weighted by molar-refractivity contribution is 7.89. The molecule has 28 heavy (non-hydrogen) atoms. The third kappa shape index (κ3) is 7.12. The Morgan fingerprint density at radius 1 is 1.14 bits per heavy atom. The summed E-state index contributed by atoms with van der Waals surface area (Å²) < 4.78 is 32.6. The first-order valence-corrected chi connectivity index (χ1v) is 10.9. The average Bonchev–Trinajstić information content (AvgIpc) is 2.61. The van der Waals surface area contributed by atoms with E-state index in [0.29, 0.717) is 25.9 Å². The van der Waals surface area contributed by atoms with Gasteiger partial charge in [-0.1, -0.05) is 18.2 Å². The molecule has 1 fully saturated rings. The fraction of sp³-hybridized carbons (Fsp3) is 0.579. The van der Waals surface area contributed by atoms with E-state index in [9.17, 15) is 18.0 Å². The molecule has 2 N–H and O–H groups in total. The molecule has 8 nitrogen and oxygen atoms in total. The Bertz CT molecular complexity index is 767. The molecule has 156 valence electrons. The standard InChI is InChI=1S/C19H29N3O5S/c1-19(2,3)27-18(24)20-12-9-17(23)22-13-10-15(11-14-22)21-28(25,26)16-7-5-4-6-8-16/h4-8,15,21H,9-14H2,1-3H3,(H,20,24). The van der Waals surface area contributed by atoms with E-state index in [1.807, 2.05) is 0 Å². The number of nitrogens with one attached hydrogen (secondary N) is 2. The van der Waals surface area contributed by atoms with Gasteiger partial charge in [-0.05, 0) is 45.7 Å². The summed E-state index contributed by atoms with van der Waals surface area (Å²) in [6.45, 7) is 6.48. The third-order valence-electron chi connectivity index (χ3n) is 4.23. The van der Waals surface area contributed by atoms with Crippen LogP contribution in [0, 0.1) is 0 Å². The maximum atomic E-state index is 12.4. The van der Waals surface area contributed by atoms with Crippen molar-refractivity contribution >= 4 is 22.0 Å². The predicted octanol–water partition coefficient (Wildman–Crippen LogP) is 1.87. The van der Waals surface area contributed by atoms with E-state index in [1.165, 1.54) is 0 Å². The fourth-order valence-electron chi connectivity index (χ4n) is 2.88. The number of likely N-dealkylation sites (tertiary alicyclic amines) is 1. The second kappa shape index (κ2) is 9.38. The van der Waals surface area contributed by atoms with Gasteiger partial charge in [0, 0.05) is 32.1 Å². The molecule has 1 aliphatic rings. The topological polar surface area (TPSA) is 105 Å². The predicted molar refractivity (Wildman–Crippen MR) is 105 cm³/mol. The Kier molecular flexibility index (Phi) is 7.42. The number of nitrogens with zero attached hydrogens (tertiary/aromatic N) is 1. The van der Waals surface area contributed by atoms with Crippen LogP contribution in [0.3, 0.4) is 0 Å². The molecule has 0 bridgehead atoms. The van der Waals surface area contributed by atoms with Crippen molar-refractivity contribution < 1.29 is 22.7 Å². The van der Waals surface area contributed by atoms with Crippen molar-refractivity contribution in [1.29, 1.82) is 0 Å². The molecule has 1 aromatic rings. The van der Waals surface area contributed by atoms with Crippen LogP contribution in [0.25, 0.3) is 0 Å². The SMILES string of the molecule is CC(C)(C)OC(=O)NCCC(=O)N1CCC(NS(=O)(=O)c2ccccc2)CC1. The van der Waals surface area contributed by atoms with E-state index in [1.54, 1.807) is 56.0 Å². The maximum absolute atomic E-state index is 12.4. The Hall–Kier alpha value is -2.13. The van der Waals surface area contributed by atoms with E-state index in [2.05, 4.69) is 10.0 Å². The van der Waals surface area contributed by atoms with Gasteiger partial charge < -0.3 is 15.0 Å². The van der Waals surface area contributed by atoms with E-state index < -0.39 is 21.7 Å². The smallest absolute Gasteiger partial charge is 0.407 e. The number of alkyl carbamates (subject to hydrolysis) is 1. The van der Waals surface area contributed by atoms with Gasteiger partial charge in [0.25, 0.3) is 0 Å². The van der Waals surface area contributed by atoms with Gasteiger partial charge in [0.1, 0.15) is 5.60 Å². The number of piperidine rings is 1. The van der Waals surface area contributed by atoms with Crippen LogP contribution in [-0.4, -0.2) is 56.6 Å². The monoisotopic (exact) mass is 411 g/mol. The number of hydrogen-bond acceptors (Lipinski definition) is 5. The van der Waals surface area contributed by atoms with Crippen LogP contribution in [0.4, 0.5) is 4.79 Å². The zero-order valence-electron chi connectivity index (χ0n) is 16.6. The minimum absolute atomic E-state index is 0.0691. The molecule has 2 rings (SSSR count). The summed E-state index contributed by atoms with van der Waals surface area (Å²) in [4.78, 5) is 25.8. The summed E-state index contributed by atoms with van der Waals surface area (Å²) in [5.41, 5.74) is -0.580. The van der Waals surface area contributed by atoms with Gasteiger partial charge >= 0.3 is 6.09 Å². The molecule has 0 aliphatic carbocycles. The van der Waals surface area contributed by atoms with E-state index >= 15 is 0 Å². The Morgan fingerprint density at radius 2 is 1.75 bits per heavy atom. The summed E-state index contributed by atoms with van der Waals surface area (Å²) in [5, 5.41) is 2.57. The number of rotatable bonds is 6. The molecule has 1 heterocycles. The Balaban J connectivity index is 1.73. The molecule has 1 saturated heterocycles. The molecule has 0 aromatic heterocycles. The summed E-state index contributed by atoms with van der Waals surface area (Å²) in [6, 6.07) is 8.04. The van der Waals surface area contributed by atoms with Crippen molar-refractivity contribution in [2.75, 3.05) is 19.6 Å². The van der Waals surface area contributed by atoms with Crippen LogP contribution < -0.4 is 10.0 Å². The van der Waals surface area contributed by atoms with Gasteiger partial charge in [0.2, 0.25) is 15.9 Å². The summed E-state index contributed by atoms with van der Waals surface area (Å²) in [6.07, 6.45) is 0.739. The van der Waals surface area contributed by atoms with Crippen LogP contribution in [0.5, 0.6) is 0 Å². The fourth-order valence-corrected chi connectivity index (χ4v) is 4.20. The van der Waals surface area contributed by atoms with E-state index in [0.717, 1.165) is 0 Å². The van der Waals surface area contributed by atoms with Gasteiger partial charge in [-0.3, -0.25) is 4.79 Å². The van der Waals surface area contributed by atoms with Crippen LogP contribution in [0.1, 0.15) is 40.0 Å². The average molecular weight is 412 g/mol. The molecule has 0 spiro atoms. The molecule has 0 unspecified atom stereocenters. The maximum Gasteiger partial charge on any atom is 0.407 e. The van der Waals surface area contributed by atoms with Gasteiger partial charge in [-0.15, -0.1) is 0 Å². The highest BCUT2D eigenvalue weighted by Crippen LogP contribution is 2.15. The lowest BCUT2D eigenvalue weighted by atomic mass is 10.1. The lowest BCUT2D eigenvalue weighted by Gasteiger charge is -2.32. The van der Waals surface area contributed by atoms with Crippen molar-refractivity contribution in [3.05, 3.63) is 30.3 Å². The summed E-state index contributed by atoms with van der Waals surface area (Å²) in [5.74, 6) is -0.0691. The normalized spacial score (nSPS) is 15.9. The third-order valence-corrected chi connectivity index (χ3v) is 5.77. The first-order chi connectivity index (χ1) is 13.1. The molecule has 1 aliphatic heterocycles. The Morgan fingerprint density at radius 3 is 2.32 bits per heavy atom. The minimum Gasteiger partial charge on any atom is -0.444 e. The van der Waals surface area contributed by atoms with Crippen LogP contribution in [-0.2, 0) is 19.6 Å². The van der Waals surface area contributed by atoms with E-state index in [-0.39, 0.29) is 29.8 Å². The van der Waals surface area contributed by atoms with Gasteiger partial charge in [-0.2, -0.15) is 0 Å². The van der Waals surface area contributed by atoms with Gasteiger partial charge in [0.15, 0.2) is 0 Å². The van der Waals surface area contributed by atoms with Crippen molar-refractivity contribution in [3.8, 4) is 0 Å². The van der Waals surface area contributed by atoms with Crippen LogP contribution in [0.2, 0.25) is 0 Å². The lowest BCUT2D eigenvalue weighted by molar-refractivity contribution is -0.132. The minimum atomic E-state index is -3.55. The molecule has 0 radical (unpaired) electrons. The van der Waals surface area contributed by atoms with Crippen molar-refractivity contribution in [2.45, 2.75) is 56.6 Å². The first kappa shape index (κ1) is 22.2. The van der Waals surface area contributed by atoms with Gasteiger partial charge in [-0.25, -0.2) is 17.9 Å². The molecule has 1 aromatic carbocycles. The number of carbonyl (C=O) groups is 2. The first-order valence-electron chi connectivity index (χ1n) is 9.39. The number of amides is 2. The molecule has 9 heteroatoms. The summed E-state index contributed by atoms with van der Waals surface area (Å²) in [7, 11) is -3.55. The zero-order valence-corrected chi connectivity index (χ0v) is 17.4. The van der Waals surface area contributed by atoms with Crippen molar-refractivity contribution in [2.24, 2.45) is 0 Å². The quantitative estimate of drug-likeness (QED) is 0.744. The second-order valence-corrected chi connectivity index (χ2v) is 9.48.